The molecule has 0 aliphatic rings. The van der Waals surface area contributed by atoms with E-state index in [2.05, 4.69) is 24.3 Å². The van der Waals surface area contributed by atoms with Crippen molar-refractivity contribution in [3.8, 4) is 0 Å². The third-order valence-corrected chi connectivity index (χ3v) is 3.26. The first-order valence-corrected chi connectivity index (χ1v) is 6.28. The molecule has 0 aliphatic heterocycles. The standard InChI is InChI=1S/C13H23N3O2/c1-9-10(2)16-18-12(9)15-11(17)5-6-13(3,4)7-8-14/h5-8,14H2,1-4H3,(H,15,17). The Hall–Kier alpha value is -1.36. The molecule has 0 bridgehead atoms. The van der Waals surface area contributed by atoms with Crippen LogP contribution in [-0.2, 0) is 4.79 Å². The Morgan fingerprint density at radius 1 is 1.39 bits per heavy atom. The molecule has 5 heteroatoms. The maximum Gasteiger partial charge on any atom is 0.234 e. The van der Waals surface area contributed by atoms with Crippen molar-refractivity contribution in [2.24, 2.45) is 11.1 Å². The van der Waals surface area contributed by atoms with Crippen LogP contribution in [0.25, 0.3) is 0 Å². The monoisotopic (exact) mass is 253 g/mol. The fraction of sp³-hybridized carbons (Fsp3) is 0.692. The molecule has 5 nitrogen and oxygen atoms in total. The minimum atomic E-state index is -0.0423. The van der Waals surface area contributed by atoms with E-state index in [1.54, 1.807) is 0 Å². The highest BCUT2D eigenvalue weighted by Gasteiger charge is 2.19. The highest BCUT2D eigenvalue weighted by atomic mass is 16.5. The van der Waals surface area contributed by atoms with Crippen LogP contribution in [0.3, 0.4) is 0 Å². The number of hydrogen-bond donors (Lipinski definition) is 2. The van der Waals surface area contributed by atoms with Crippen LogP contribution in [0.5, 0.6) is 0 Å². The second kappa shape index (κ2) is 6.00. The SMILES string of the molecule is Cc1noc(NC(=O)CCC(C)(C)CCN)c1C. The van der Waals surface area contributed by atoms with Gasteiger partial charge in [0, 0.05) is 12.0 Å². The smallest absolute Gasteiger partial charge is 0.234 e. The number of nitrogens with zero attached hydrogens (tertiary/aromatic N) is 1. The summed E-state index contributed by atoms with van der Waals surface area (Å²) in [6, 6.07) is 0. The fourth-order valence-corrected chi connectivity index (χ4v) is 1.69. The van der Waals surface area contributed by atoms with Gasteiger partial charge in [-0.05, 0) is 38.6 Å². The van der Waals surface area contributed by atoms with Gasteiger partial charge in [0.2, 0.25) is 11.8 Å². The zero-order chi connectivity index (χ0) is 13.8. The van der Waals surface area contributed by atoms with Crippen molar-refractivity contribution in [3.05, 3.63) is 11.3 Å². The zero-order valence-corrected chi connectivity index (χ0v) is 11.7. The lowest BCUT2D eigenvalue weighted by atomic mass is 9.84. The van der Waals surface area contributed by atoms with E-state index >= 15 is 0 Å². The van der Waals surface area contributed by atoms with Crippen molar-refractivity contribution in [1.82, 2.24) is 5.16 Å². The van der Waals surface area contributed by atoms with Crippen molar-refractivity contribution in [2.45, 2.75) is 47.0 Å². The first-order valence-electron chi connectivity index (χ1n) is 6.28. The van der Waals surface area contributed by atoms with E-state index in [-0.39, 0.29) is 11.3 Å². The Morgan fingerprint density at radius 2 is 2.06 bits per heavy atom. The van der Waals surface area contributed by atoms with E-state index in [9.17, 15) is 4.79 Å². The molecule has 0 saturated heterocycles. The van der Waals surface area contributed by atoms with E-state index < -0.39 is 0 Å². The number of nitrogens with two attached hydrogens (primary N) is 1. The van der Waals surface area contributed by atoms with Crippen molar-refractivity contribution in [2.75, 3.05) is 11.9 Å². The first kappa shape index (κ1) is 14.7. The minimum Gasteiger partial charge on any atom is -0.338 e. The number of hydrogen-bond acceptors (Lipinski definition) is 4. The predicted octanol–water partition coefficient (Wildman–Crippen LogP) is 2.39. The van der Waals surface area contributed by atoms with Gasteiger partial charge in [-0.3, -0.25) is 10.1 Å². The van der Waals surface area contributed by atoms with E-state index in [1.807, 2.05) is 13.8 Å². The summed E-state index contributed by atoms with van der Waals surface area (Å²) < 4.78 is 5.04. The highest BCUT2D eigenvalue weighted by Crippen LogP contribution is 2.26. The summed E-state index contributed by atoms with van der Waals surface area (Å²) in [5, 5.41) is 6.55. The number of carbonyl (C=O) groups excluding carboxylic acids is 1. The average molecular weight is 253 g/mol. The predicted molar refractivity (Wildman–Crippen MR) is 71.3 cm³/mol. The van der Waals surface area contributed by atoms with Gasteiger partial charge in [0.05, 0.1) is 5.69 Å². The topological polar surface area (TPSA) is 81.2 Å². The molecule has 0 atom stereocenters. The molecule has 1 heterocycles. The van der Waals surface area contributed by atoms with Crippen molar-refractivity contribution in [1.29, 1.82) is 0 Å². The molecule has 18 heavy (non-hydrogen) atoms. The lowest BCUT2D eigenvalue weighted by Crippen LogP contribution is -2.20. The van der Waals surface area contributed by atoms with E-state index in [0.29, 0.717) is 18.8 Å². The summed E-state index contributed by atoms with van der Waals surface area (Å²) in [6.07, 6.45) is 2.19. The van der Waals surface area contributed by atoms with Crippen LogP contribution >= 0.6 is 0 Å². The van der Waals surface area contributed by atoms with Crippen LogP contribution in [-0.4, -0.2) is 17.6 Å². The summed E-state index contributed by atoms with van der Waals surface area (Å²) in [4.78, 5) is 11.8. The zero-order valence-electron chi connectivity index (χ0n) is 11.7. The number of carbonyl (C=O) groups is 1. The Labute approximate surface area is 108 Å². The lowest BCUT2D eigenvalue weighted by Gasteiger charge is -2.23. The van der Waals surface area contributed by atoms with Gasteiger partial charge in [0.15, 0.2) is 0 Å². The maximum atomic E-state index is 11.8. The fourth-order valence-electron chi connectivity index (χ4n) is 1.69. The Bertz CT molecular complexity index is 410. The van der Waals surface area contributed by atoms with Crippen molar-refractivity contribution < 1.29 is 9.32 Å². The summed E-state index contributed by atoms with van der Waals surface area (Å²) in [6.45, 7) is 8.61. The molecule has 102 valence electrons. The molecule has 1 rings (SSSR count). The number of aromatic nitrogens is 1. The summed E-state index contributed by atoms with van der Waals surface area (Å²) >= 11 is 0. The third kappa shape index (κ3) is 4.14. The van der Waals surface area contributed by atoms with Crippen molar-refractivity contribution >= 4 is 11.8 Å². The Kier molecular flexibility index (Phi) is 4.90. The number of aryl methyl sites for hydroxylation is 1. The highest BCUT2D eigenvalue weighted by molar-refractivity contribution is 5.90. The van der Waals surface area contributed by atoms with Crippen LogP contribution in [0.2, 0.25) is 0 Å². The molecule has 0 radical (unpaired) electrons. The maximum absolute atomic E-state index is 11.8. The molecule has 1 amide bonds. The van der Waals surface area contributed by atoms with E-state index in [1.165, 1.54) is 0 Å². The quantitative estimate of drug-likeness (QED) is 0.815. The van der Waals surface area contributed by atoms with E-state index in [0.717, 1.165) is 24.1 Å². The average Bonchev–Trinajstić information content (AvgIpc) is 2.59. The van der Waals surface area contributed by atoms with Gasteiger partial charge in [0.25, 0.3) is 0 Å². The number of anilines is 1. The molecular weight excluding hydrogens is 230 g/mol. The van der Waals surface area contributed by atoms with Gasteiger partial charge >= 0.3 is 0 Å². The van der Waals surface area contributed by atoms with Crippen LogP contribution in [0.1, 0.15) is 44.4 Å². The molecule has 0 aliphatic carbocycles. The van der Waals surface area contributed by atoms with Gasteiger partial charge < -0.3 is 10.3 Å². The molecule has 0 unspecified atom stereocenters. The van der Waals surface area contributed by atoms with Crippen LogP contribution in [0.15, 0.2) is 4.52 Å². The number of amides is 1. The molecule has 0 fully saturated rings. The number of nitrogens with one attached hydrogen (secondary N) is 1. The summed E-state index contributed by atoms with van der Waals surface area (Å²) in [5.74, 6) is 0.411. The van der Waals surface area contributed by atoms with Gasteiger partial charge in [-0.2, -0.15) is 0 Å². The second-order valence-electron chi connectivity index (χ2n) is 5.47. The summed E-state index contributed by atoms with van der Waals surface area (Å²) in [7, 11) is 0. The first-order chi connectivity index (χ1) is 8.35. The third-order valence-electron chi connectivity index (χ3n) is 3.26. The Balaban J connectivity index is 2.45. The van der Waals surface area contributed by atoms with Gasteiger partial charge in [-0.1, -0.05) is 19.0 Å². The van der Waals surface area contributed by atoms with Gasteiger partial charge in [0.1, 0.15) is 0 Å². The molecule has 0 aromatic carbocycles. The minimum absolute atomic E-state index is 0.0423. The number of rotatable bonds is 6. The largest absolute Gasteiger partial charge is 0.338 e. The molecule has 0 saturated carbocycles. The van der Waals surface area contributed by atoms with Crippen LogP contribution < -0.4 is 11.1 Å². The van der Waals surface area contributed by atoms with E-state index in [4.69, 9.17) is 10.3 Å². The molecule has 1 aromatic heterocycles. The second-order valence-corrected chi connectivity index (χ2v) is 5.47. The molecule has 1 aromatic rings. The molecular formula is C13H23N3O2. The normalized spacial score (nSPS) is 11.6. The summed E-state index contributed by atoms with van der Waals surface area (Å²) in [5.41, 5.74) is 7.32. The Morgan fingerprint density at radius 3 is 2.56 bits per heavy atom. The lowest BCUT2D eigenvalue weighted by molar-refractivity contribution is -0.116. The van der Waals surface area contributed by atoms with Gasteiger partial charge in [-0.15, -0.1) is 0 Å². The van der Waals surface area contributed by atoms with Crippen LogP contribution in [0.4, 0.5) is 5.88 Å². The van der Waals surface area contributed by atoms with Crippen molar-refractivity contribution in [3.63, 3.8) is 0 Å². The molecule has 0 spiro atoms. The van der Waals surface area contributed by atoms with Gasteiger partial charge in [-0.25, -0.2) is 0 Å². The van der Waals surface area contributed by atoms with Crippen LogP contribution in [0, 0.1) is 19.3 Å². The molecule has 3 N–H and O–H groups in total.